The highest BCUT2D eigenvalue weighted by molar-refractivity contribution is 9.10. The molecular weight excluding hydrogens is 590 g/mol. The SMILES string of the molecule is CC(=O)c1nn(CC(=O)N2[C@H](C(=O)Nc3nc(Br)ccc3C)C[C@@]3(C)C#C[C@@H]23)c2ccc(-c3cnc(=O)[nH]c3)cc12. The standard InChI is InChI=1S/C29H24BrN7O4/c1-15-4-7-23(30)33-26(15)34-27(40)21-11-29(3)9-8-22(29)37(21)24(39)14-36-20-6-5-17(18-12-31-28(41)32-13-18)10-19(20)25(35-36)16(2)38/h4-7,10,12-13,21-22H,11,14H2,1-3H3,(H,31,32,41)(H,33,34,40)/t21-,22+,29+/m0/s1. The van der Waals surface area contributed by atoms with Gasteiger partial charge in [0.2, 0.25) is 11.8 Å². The van der Waals surface area contributed by atoms with Crippen molar-refractivity contribution in [3.05, 3.63) is 69.1 Å². The van der Waals surface area contributed by atoms with Crippen molar-refractivity contribution in [3.63, 3.8) is 0 Å². The largest absolute Gasteiger partial charge is 0.344 e. The molecule has 2 amide bonds. The first-order chi connectivity index (χ1) is 19.5. The molecule has 2 aliphatic rings. The maximum atomic E-state index is 13.8. The summed E-state index contributed by atoms with van der Waals surface area (Å²) in [6.45, 7) is 5.02. The highest BCUT2D eigenvalue weighted by atomic mass is 79.9. The third-order valence-electron chi connectivity index (χ3n) is 7.60. The number of halogens is 1. The number of nitrogens with one attached hydrogen (secondary N) is 2. The zero-order chi connectivity index (χ0) is 29.1. The number of aromatic amines is 1. The summed E-state index contributed by atoms with van der Waals surface area (Å²) in [5.41, 5.74) is 2.02. The molecule has 0 saturated carbocycles. The van der Waals surface area contributed by atoms with Gasteiger partial charge in [0, 0.05) is 30.3 Å². The van der Waals surface area contributed by atoms with Gasteiger partial charge in [0.25, 0.3) is 0 Å². The molecule has 1 aliphatic carbocycles. The third kappa shape index (κ3) is 4.62. The lowest BCUT2D eigenvalue weighted by atomic mass is 9.76. The number of likely N-dealkylation sites (tertiary alicyclic amines) is 1. The summed E-state index contributed by atoms with van der Waals surface area (Å²) >= 11 is 3.33. The minimum absolute atomic E-state index is 0.185. The molecule has 6 rings (SSSR count). The van der Waals surface area contributed by atoms with Crippen LogP contribution in [0.25, 0.3) is 22.0 Å². The van der Waals surface area contributed by atoms with E-state index in [-0.39, 0.29) is 29.8 Å². The molecule has 4 heterocycles. The van der Waals surface area contributed by atoms with Crippen LogP contribution in [-0.2, 0) is 16.1 Å². The van der Waals surface area contributed by atoms with Gasteiger partial charge in [0.1, 0.15) is 34.7 Å². The van der Waals surface area contributed by atoms with Crippen LogP contribution in [-0.4, -0.2) is 59.3 Å². The van der Waals surface area contributed by atoms with Gasteiger partial charge < -0.3 is 15.2 Å². The smallest absolute Gasteiger partial charge is 0.314 e. The van der Waals surface area contributed by atoms with Crippen molar-refractivity contribution in [2.45, 2.75) is 45.8 Å². The second-order valence-corrected chi connectivity index (χ2v) is 11.3. The van der Waals surface area contributed by atoms with Gasteiger partial charge in [-0.3, -0.25) is 19.1 Å². The molecule has 206 valence electrons. The second-order valence-electron chi connectivity index (χ2n) is 10.5. The highest BCUT2D eigenvalue weighted by Gasteiger charge is 2.56. The molecule has 1 aliphatic heterocycles. The van der Waals surface area contributed by atoms with Crippen LogP contribution in [0, 0.1) is 24.2 Å². The lowest BCUT2D eigenvalue weighted by Crippen LogP contribution is -2.50. The Balaban J connectivity index is 1.31. The molecule has 3 atom stereocenters. The summed E-state index contributed by atoms with van der Waals surface area (Å²) in [4.78, 5) is 63.4. The third-order valence-corrected chi connectivity index (χ3v) is 8.04. The number of fused-ring (bicyclic) bond motifs is 2. The first-order valence-electron chi connectivity index (χ1n) is 12.9. The molecule has 12 heteroatoms. The van der Waals surface area contributed by atoms with Crippen LogP contribution < -0.4 is 11.0 Å². The molecule has 0 unspecified atom stereocenters. The Morgan fingerprint density at radius 1 is 1.22 bits per heavy atom. The van der Waals surface area contributed by atoms with Crippen molar-refractivity contribution in [2.24, 2.45) is 5.41 Å². The molecular formula is C29H24BrN7O4. The highest BCUT2D eigenvalue weighted by Crippen LogP contribution is 2.45. The van der Waals surface area contributed by atoms with Crippen molar-refractivity contribution in [1.82, 2.24) is 29.6 Å². The zero-order valence-electron chi connectivity index (χ0n) is 22.4. The van der Waals surface area contributed by atoms with Crippen molar-refractivity contribution in [3.8, 4) is 23.0 Å². The molecule has 4 aromatic rings. The van der Waals surface area contributed by atoms with Crippen LogP contribution in [0.15, 0.2) is 52.1 Å². The predicted molar refractivity (Wildman–Crippen MR) is 154 cm³/mol. The Labute approximate surface area is 242 Å². The fourth-order valence-electron chi connectivity index (χ4n) is 5.42. The van der Waals surface area contributed by atoms with E-state index in [1.807, 2.05) is 19.9 Å². The minimum atomic E-state index is -0.770. The quantitative estimate of drug-likeness (QED) is 0.193. The second kappa shape index (κ2) is 9.78. The fraction of sp³-hybridized carbons (Fsp3) is 0.276. The van der Waals surface area contributed by atoms with Crippen molar-refractivity contribution in [1.29, 1.82) is 0 Å². The number of carbonyl (C=O) groups excluding carboxylic acids is 3. The number of aryl methyl sites for hydroxylation is 1. The number of hydrogen-bond donors (Lipinski definition) is 2. The van der Waals surface area contributed by atoms with Gasteiger partial charge in [-0.1, -0.05) is 24.0 Å². The fourth-order valence-corrected chi connectivity index (χ4v) is 5.73. The van der Waals surface area contributed by atoms with Gasteiger partial charge >= 0.3 is 5.69 Å². The van der Waals surface area contributed by atoms with E-state index < -0.39 is 23.2 Å². The predicted octanol–water partition coefficient (Wildman–Crippen LogP) is 3.09. The van der Waals surface area contributed by atoms with Gasteiger partial charge in [-0.25, -0.2) is 14.8 Å². The Bertz CT molecular complexity index is 1880. The lowest BCUT2D eigenvalue weighted by molar-refractivity contribution is -0.138. The van der Waals surface area contributed by atoms with Gasteiger partial charge in [-0.05, 0) is 65.5 Å². The van der Waals surface area contributed by atoms with Gasteiger partial charge in [-0.2, -0.15) is 5.10 Å². The molecule has 41 heavy (non-hydrogen) atoms. The summed E-state index contributed by atoms with van der Waals surface area (Å²) < 4.78 is 2.07. The first-order valence-corrected chi connectivity index (χ1v) is 13.7. The molecule has 1 saturated heterocycles. The van der Waals surface area contributed by atoms with Crippen LogP contribution in [0.2, 0.25) is 0 Å². The average molecular weight is 614 g/mol. The van der Waals surface area contributed by atoms with Crippen LogP contribution >= 0.6 is 15.9 Å². The number of pyridine rings is 1. The van der Waals surface area contributed by atoms with Gasteiger partial charge in [-0.15, -0.1) is 0 Å². The van der Waals surface area contributed by atoms with Crippen molar-refractivity contribution in [2.75, 3.05) is 5.32 Å². The molecule has 0 bridgehead atoms. The summed E-state index contributed by atoms with van der Waals surface area (Å²) in [7, 11) is 0. The van der Waals surface area contributed by atoms with Crippen LogP contribution in [0.4, 0.5) is 5.82 Å². The Kier molecular flexibility index (Phi) is 6.34. The van der Waals surface area contributed by atoms with Crippen LogP contribution in [0.5, 0.6) is 0 Å². The maximum Gasteiger partial charge on any atom is 0.344 e. The molecule has 1 aromatic carbocycles. The summed E-state index contributed by atoms with van der Waals surface area (Å²) in [6, 6.07) is 7.81. The zero-order valence-corrected chi connectivity index (χ0v) is 23.9. The molecule has 1 fully saturated rings. The lowest BCUT2D eigenvalue weighted by Gasteiger charge is -2.34. The van der Waals surface area contributed by atoms with E-state index in [1.165, 1.54) is 24.0 Å². The average Bonchev–Trinajstić information content (AvgIpc) is 3.39. The Morgan fingerprint density at radius 3 is 2.71 bits per heavy atom. The Morgan fingerprint density at radius 2 is 2.02 bits per heavy atom. The first kappa shape index (κ1) is 26.6. The number of anilines is 1. The van der Waals surface area contributed by atoms with Crippen molar-refractivity contribution < 1.29 is 14.4 Å². The van der Waals surface area contributed by atoms with Crippen molar-refractivity contribution >= 4 is 50.2 Å². The summed E-state index contributed by atoms with van der Waals surface area (Å²) in [5, 5.41) is 7.92. The van der Waals surface area contributed by atoms with Gasteiger partial charge in [0.15, 0.2) is 5.78 Å². The molecule has 3 aromatic heterocycles. The number of aromatic nitrogens is 5. The van der Waals surface area contributed by atoms with E-state index in [9.17, 15) is 19.2 Å². The van der Waals surface area contributed by atoms with E-state index in [1.54, 1.807) is 29.2 Å². The monoisotopic (exact) mass is 613 g/mol. The number of benzene rings is 1. The molecule has 0 spiro atoms. The number of nitrogens with zero attached hydrogens (tertiary/aromatic N) is 5. The molecule has 11 nitrogen and oxygen atoms in total. The number of Topliss-reactive ketones (excluding diaryl/α,β-unsaturated/α-hetero) is 1. The van der Waals surface area contributed by atoms with Gasteiger partial charge in [0.05, 0.1) is 10.9 Å². The normalized spacial score (nSPS) is 20.6. The number of H-pyrrole nitrogens is 1. The number of amides is 2. The number of hydrogen-bond acceptors (Lipinski definition) is 7. The summed E-state index contributed by atoms with van der Waals surface area (Å²) in [6.07, 6.45) is 3.38. The topological polar surface area (TPSA) is 143 Å². The Hall–Kier alpha value is -4.63. The van der Waals surface area contributed by atoms with E-state index in [4.69, 9.17) is 0 Å². The number of rotatable bonds is 6. The number of carbonyl (C=O) groups is 3. The van der Waals surface area contributed by atoms with E-state index in [2.05, 4.69) is 53.1 Å². The molecule has 2 N–H and O–H groups in total. The summed E-state index contributed by atoms with van der Waals surface area (Å²) in [5.74, 6) is 5.67. The van der Waals surface area contributed by atoms with E-state index in [0.29, 0.717) is 33.3 Å². The molecule has 0 radical (unpaired) electrons. The minimum Gasteiger partial charge on any atom is -0.314 e. The van der Waals surface area contributed by atoms with E-state index in [0.717, 1.165) is 11.1 Å². The maximum absolute atomic E-state index is 13.8. The van der Waals surface area contributed by atoms with Crippen LogP contribution in [0.3, 0.4) is 0 Å². The van der Waals surface area contributed by atoms with E-state index >= 15 is 0 Å². The number of ketones is 1. The van der Waals surface area contributed by atoms with Crippen LogP contribution in [0.1, 0.15) is 36.3 Å².